The molecule has 0 spiro atoms. The second-order valence-electron chi connectivity index (χ2n) is 6.49. The van der Waals surface area contributed by atoms with E-state index in [1.807, 2.05) is 32.0 Å². The molecule has 0 aliphatic rings. The molecule has 0 saturated heterocycles. The van der Waals surface area contributed by atoms with Gasteiger partial charge in [-0.25, -0.2) is 0 Å². The Labute approximate surface area is 122 Å². The minimum absolute atomic E-state index is 0.0587. The lowest BCUT2D eigenvalue weighted by Crippen LogP contribution is -2.34. The molecule has 0 fully saturated rings. The van der Waals surface area contributed by atoms with Crippen LogP contribution in [0.3, 0.4) is 0 Å². The number of rotatable bonds is 6. The van der Waals surface area contributed by atoms with E-state index in [2.05, 4.69) is 26.1 Å². The number of benzene rings is 1. The third-order valence-electron chi connectivity index (χ3n) is 3.18. The van der Waals surface area contributed by atoms with Crippen LogP contribution in [0.1, 0.15) is 41.0 Å². The molecule has 4 nitrogen and oxygen atoms in total. The van der Waals surface area contributed by atoms with Crippen molar-refractivity contribution in [3.8, 4) is 5.75 Å². The van der Waals surface area contributed by atoms with Gasteiger partial charge in [-0.1, -0.05) is 20.8 Å². The highest BCUT2D eigenvalue weighted by atomic mass is 16.5. The van der Waals surface area contributed by atoms with Gasteiger partial charge in [-0.2, -0.15) is 0 Å². The summed E-state index contributed by atoms with van der Waals surface area (Å²) in [4.78, 5) is 0. The molecule has 4 heteroatoms. The zero-order valence-corrected chi connectivity index (χ0v) is 13.2. The van der Waals surface area contributed by atoms with E-state index in [-0.39, 0.29) is 24.2 Å². The van der Waals surface area contributed by atoms with Crippen LogP contribution >= 0.6 is 0 Å². The first-order valence-corrected chi connectivity index (χ1v) is 7.17. The highest BCUT2D eigenvalue weighted by Gasteiger charge is 2.24. The number of hydrogen-bond acceptors (Lipinski definition) is 4. The van der Waals surface area contributed by atoms with E-state index in [0.717, 1.165) is 5.69 Å². The fourth-order valence-corrected chi connectivity index (χ4v) is 2.03. The second-order valence-corrected chi connectivity index (χ2v) is 6.49. The summed E-state index contributed by atoms with van der Waals surface area (Å²) in [5.41, 5.74) is 7.58. The minimum atomic E-state index is 0.0587. The highest BCUT2D eigenvalue weighted by Crippen LogP contribution is 2.30. The maximum Gasteiger partial charge on any atom is 0.144 e. The summed E-state index contributed by atoms with van der Waals surface area (Å²) in [6, 6.07) is 5.89. The van der Waals surface area contributed by atoms with Gasteiger partial charge in [0, 0.05) is 24.4 Å². The number of nitrogens with one attached hydrogen (secondary N) is 1. The number of hydrogen-bond donors (Lipinski definition) is 3. The molecule has 0 heterocycles. The van der Waals surface area contributed by atoms with Gasteiger partial charge in [-0.05, 0) is 37.8 Å². The lowest BCUT2D eigenvalue weighted by molar-refractivity contribution is 0.235. The average molecular weight is 280 g/mol. The van der Waals surface area contributed by atoms with Crippen molar-refractivity contribution in [2.75, 3.05) is 17.7 Å². The maximum absolute atomic E-state index is 9.21. The maximum atomic E-state index is 9.21. The van der Waals surface area contributed by atoms with Crippen molar-refractivity contribution in [3.05, 3.63) is 18.2 Å². The highest BCUT2D eigenvalue weighted by molar-refractivity contribution is 5.61. The van der Waals surface area contributed by atoms with Gasteiger partial charge >= 0.3 is 0 Å². The first kappa shape index (κ1) is 16.6. The molecule has 0 saturated carbocycles. The summed E-state index contributed by atoms with van der Waals surface area (Å²) in [5.74, 6) is 0.696. The van der Waals surface area contributed by atoms with Crippen LogP contribution in [-0.4, -0.2) is 23.9 Å². The van der Waals surface area contributed by atoms with Crippen molar-refractivity contribution in [2.24, 2.45) is 5.41 Å². The largest absolute Gasteiger partial charge is 0.489 e. The Bertz CT molecular complexity index is 425. The third kappa shape index (κ3) is 4.93. The average Bonchev–Trinajstić information content (AvgIpc) is 2.31. The molecule has 0 aromatic heterocycles. The molecule has 1 unspecified atom stereocenters. The van der Waals surface area contributed by atoms with Gasteiger partial charge in [-0.15, -0.1) is 0 Å². The first-order valence-electron chi connectivity index (χ1n) is 7.17. The monoisotopic (exact) mass is 280 g/mol. The van der Waals surface area contributed by atoms with E-state index in [1.54, 1.807) is 0 Å². The zero-order chi connectivity index (χ0) is 15.3. The van der Waals surface area contributed by atoms with Gasteiger partial charge in [0.25, 0.3) is 0 Å². The fraction of sp³-hybridized carbons (Fsp3) is 0.625. The minimum Gasteiger partial charge on any atom is -0.489 e. The molecule has 114 valence electrons. The van der Waals surface area contributed by atoms with E-state index in [1.165, 1.54) is 0 Å². The summed E-state index contributed by atoms with van der Waals surface area (Å²) >= 11 is 0. The summed E-state index contributed by atoms with van der Waals surface area (Å²) in [6.45, 7) is 10.6. The van der Waals surface area contributed by atoms with Crippen LogP contribution in [0.5, 0.6) is 5.75 Å². The molecule has 1 aromatic rings. The molecular weight excluding hydrogens is 252 g/mol. The summed E-state index contributed by atoms with van der Waals surface area (Å²) in [7, 11) is 0. The lowest BCUT2D eigenvalue weighted by Gasteiger charge is -2.32. The van der Waals surface area contributed by atoms with E-state index in [9.17, 15) is 5.11 Å². The summed E-state index contributed by atoms with van der Waals surface area (Å²) in [5, 5.41) is 12.7. The Kier molecular flexibility index (Phi) is 5.69. The van der Waals surface area contributed by atoms with Crippen molar-refractivity contribution in [2.45, 2.75) is 53.2 Å². The van der Waals surface area contributed by atoms with Gasteiger partial charge in [0.05, 0.1) is 11.8 Å². The number of anilines is 2. The van der Waals surface area contributed by atoms with E-state index >= 15 is 0 Å². The van der Waals surface area contributed by atoms with E-state index in [0.29, 0.717) is 17.9 Å². The van der Waals surface area contributed by atoms with Crippen molar-refractivity contribution in [1.82, 2.24) is 0 Å². The molecule has 0 aliphatic heterocycles. The molecule has 0 amide bonds. The number of aliphatic hydroxyl groups excluding tert-OH is 1. The van der Waals surface area contributed by atoms with Crippen molar-refractivity contribution in [1.29, 1.82) is 0 Å². The molecule has 1 rings (SSSR count). The topological polar surface area (TPSA) is 67.5 Å². The summed E-state index contributed by atoms with van der Waals surface area (Å²) in [6.07, 6.45) is 0.789. The molecule has 4 N–H and O–H groups in total. The third-order valence-corrected chi connectivity index (χ3v) is 3.18. The Morgan fingerprint density at radius 1 is 1.30 bits per heavy atom. The molecule has 1 aromatic carbocycles. The smallest absolute Gasteiger partial charge is 0.144 e. The molecule has 0 bridgehead atoms. The Morgan fingerprint density at radius 2 is 1.95 bits per heavy atom. The molecule has 0 aliphatic carbocycles. The fourth-order valence-electron chi connectivity index (χ4n) is 2.03. The Balaban J connectivity index is 2.90. The van der Waals surface area contributed by atoms with Crippen LogP contribution in [0, 0.1) is 5.41 Å². The zero-order valence-electron chi connectivity index (χ0n) is 13.2. The molecule has 20 heavy (non-hydrogen) atoms. The van der Waals surface area contributed by atoms with Crippen LogP contribution in [-0.2, 0) is 0 Å². The Morgan fingerprint density at radius 3 is 2.45 bits per heavy atom. The standard InChI is InChI=1S/C16H28N2O2/c1-11(2)20-14-10-12(6-7-13(14)17)18-15(8-9-19)16(3,4)5/h6-7,10-11,15,18-19H,8-9,17H2,1-5H3. The van der Waals surface area contributed by atoms with Gasteiger partial charge in [0.15, 0.2) is 0 Å². The van der Waals surface area contributed by atoms with Crippen LogP contribution in [0.25, 0.3) is 0 Å². The van der Waals surface area contributed by atoms with Gasteiger partial charge in [-0.3, -0.25) is 0 Å². The predicted molar refractivity (Wildman–Crippen MR) is 85.2 cm³/mol. The van der Waals surface area contributed by atoms with Crippen LogP contribution in [0.4, 0.5) is 11.4 Å². The number of nitrogens with two attached hydrogens (primary N) is 1. The lowest BCUT2D eigenvalue weighted by atomic mass is 9.85. The van der Waals surface area contributed by atoms with Crippen LogP contribution in [0.2, 0.25) is 0 Å². The quantitative estimate of drug-likeness (QED) is 0.700. The van der Waals surface area contributed by atoms with Crippen molar-refractivity contribution in [3.63, 3.8) is 0 Å². The van der Waals surface area contributed by atoms with Gasteiger partial charge < -0.3 is 20.9 Å². The van der Waals surface area contributed by atoms with E-state index < -0.39 is 0 Å². The first-order chi connectivity index (χ1) is 9.24. The Hall–Kier alpha value is -1.42. The number of aliphatic hydroxyl groups is 1. The van der Waals surface area contributed by atoms with Crippen LogP contribution in [0.15, 0.2) is 18.2 Å². The second kappa shape index (κ2) is 6.84. The van der Waals surface area contributed by atoms with Crippen molar-refractivity contribution >= 4 is 11.4 Å². The molecule has 1 atom stereocenters. The van der Waals surface area contributed by atoms with Crippen molar-refractivity contribution < 1.29 is 9.84 Å². The van der Waals surface area contributed by atoms with E-state index in [4.69, 9.17) is 10.5 Å². The van der Waals surface area contributed by atoms with Gasteiger partial charge in [0.2, 0.25) is 0 Å². The molecule has 0 radical (unpaired) electrons. The predicted octanol–water partition coefficient (Wildman–Crippen LogP) is 3.27. The number of ether oxygens (including phenoxy) is 1. The molecular formula is C16H28N2O2. The summed E-state index contributed by atoms with van der Waals surface area (Å²) < 4.78 is 5.70. The SMILES string of the molecule is CC(C)Oc1cc(NC(CCO)C(C)(C)C)ccc1N. The van der Waals surface area contributed by atoms with Crippen LogP contribution < -0.4 is 15.8 Å². The van der Waals surface area contributed by atoms with Gasteiger partial charge in [0.1, 0.15) is 5.75 Å². The normalized spacial score (nSPS) is 13.3. The number of nitrogen functional groups attached to an aromatic ring is 1.